The van der Waals surface area contributed by atoms with Crippen LogP contribution in [-0.2, 0) is 0 Å². The van der Waals surface area contributed by atoms with Gasteiger partial charge in [-0.3, -0.25) is 0 Å². The van der Waals surface area contributed by atoms with E-state index in [4.69, 9.17) is 0 Å². The second-order valence-electron chi connectivity index (χ2n) is 2.49. The summed E-state index contributed by atoms with van der Waals surface area (Å²) in [7, 11) is 0. The van der Waals surface area contributed by atoms with Crippen molar-refractivity contribution in [3.63, 3.8) is 0 Å². The average molecular weight is 414 g/mol. The van der Waals surface area contributed by atoms with E-state index in [1.807, 2.05) is 18.2 Å². The number of H-pyrrole nitrogens is 1. The van der Waals surface area contributed by atoms with E-state index in [2.05, 4.69) is 60.7 Å². The van der Waals surface area contributed by atoms with E-state index in [1.54, 1.807) is 0 Å². The maximum Gasteiger partial charge on any atom is 0.365 e. The van der Waals surface area contributed by atoms with Crippen LogP contribution >= 0.6 is 45.2 Å². The van der Waals surface area contributed by atoms with E-state index < -0.39 is 0 Å². The molecular weight excluding hydrogens is 410 g/mol. The predicted molar refractivity (Wildman–Crippen MR) is 67.4 cm³/mol. The molecule has 0 atom stereocenters. The molecule has 0 amide bonds. The SMILES string of the molecule is O=c1[nH]nnn1-c1cccc(I)c1I. The summed E-state index contributed by atoms with van der Waals surface area (Å²) in [6.07, 6.45) is 0. The van der Waals surface area contributed by atoms with Crippen LogP contribution in [-0.4, -0.2) is 20.2 Å². The zero-order chi connectivity index (χ0) is 10.1. The van der Waals surface area contributed by atoms with E-state index >= 15 is 0 Å². The molecule has 0 saturated carbocycles. The van der Waals surface area contributed by atoms with Gasteiger partial charge in [-0.15, -0.1) is 0 Å². The van der Waals surface area contributed by atoms with Gasteiger partial charge in [0.15, 0.2) is 0 Å². The lowest BCUT2D eigenvalue weighted by Crippen LogP contribution is -2.17. The Bertz CT molecular complexity index is 518. The number of hydrogen-bond donors (Lipinski definition) is 1. The van der Waals surface area contributed by atoms with Gasteiger partial charge in [0.2, 0.25) is 0 Å². The summed E-state index contributed by atoms with van der Waals surface area (Å²) in [5, 5.41) is 9.37. The molecule has 0 fully saturated rings. The first-order valence-electron chi connectivity index (χ1n) is 3.65. The summed E-state index contributed by atoms with van der Waals surface area (Å²) in [4.78, 5) is 11.3. The largest absolute Gasteiger partial charge is 0.365 e. The lowest BCUT2D eigenvalue weighted by molar-refractivity contribution is 0.776. The van der Waals surface area contributed by atoms with Gasteiger partial charge in [0.05, 0.1) is 9.26 Å². The Labute approximate surface area is 106 Å². The molecule has 1 aromatic heterocycles. The minimum Gasteiger partial charge on any atom is -0.244 e. The molecule has 14 heavy (non-hydrogen) atoms. The maximum absolute atomic E-state index is 11.3. The Morgan fingerprint density at radius 2 is 2.14 bits per heavy atom. The van der Waals surface area contributed by atoms with Gasteiger partial charge in [0, 0.05) is 3.57 Å². The lowest BCUT2D eigenvalue weighted by Gasteiger charge is -2.02. The number of hydrogen-bond acceptors (Lipinski definition) is 3. The van der Waals surface area contributed by atoms with Crippen molar-refractivity contribution in [2.45, 2.75) is 0 Å². The Kier molecular flexibility index (Phi) is 2.85. The second-order valence-corrected chi connectivity index (χ2v) is 4.73. The highest BCUT2D eigenvalue weighted by Gasteiger charge is 2.08. The number of aromatic amines is 1. The van der Waals surface area contributed by atoms with Crippen LogP contribution in [0.25, 0.3) is 5.69 Å². The first-order chi connectivity index (χ1) is 6.70. The van der Waals surface area contributed by atoms with Gasteiger partial charge in [-0.05, 0) is 67.7 Å². The molecule has 0 unspecified atom stereocenters. The van der Waals surface area contributed by atoms with Crippen LogP contribution in [0.2, 0.25) is 0 Å². The molecule has 1 N–H and O–H groups in total. The molecule has 0 radical (unpaired) electrons. The van der Waals surface area contributed by atoms with Crippen molar-refractivity contribution in [3.8, 4) is 5.69 Å². The fraction of sp³-hybridized carbons (Fsp3) is 0. The van der Waals surface area contributed by atoms with E-state index in [0.29, 0.717) is 0 Å². The number of nitrogens with zero attached hydrogens (tertiary/aromatic N) is 3. The fourth-order valence-corrected chi connectivity index (χ4v) is 2.08. The van der Waals surface area contributed by atoms with Crippen molar-refractivity contribution >= 4 is 45.2 Å². The summed E-state index contributed by atoms with van der Waals surface area (Å²) in [6.45, 7) is 0. The standard InChI is InChI=1S/C7H4I2N4O/c8-4-2-1-3-5(6(4)9)13-7(14)10-11-12-13/h1-3H,(H,10,12,14). The quantitative estimate of drug-likeness (QED) is 0.714. The van der Waals surface area contributed by atoms with Gasteiger partial charge in [-0.1, -0.05) is 6.07 Å². The van der Waals surface area contributed by atoms with Crippen molar-refractivity contribution in [1.82, 2.24) is 20.2 Å². The van der Waals surface area contributed by atoms with Crippen molar-refractivity contribution in [3.05, 3.63) is 35.8 Å². The van der Waals surface area contributed by atoms with Crippen molar-refractivity contribution in [1.29, 1.82) is 0 Å². The van der Waals surface area contributed by atoms with Gasteiger partial charge in [0.1, 0.15) is 0 Å². The highest BCUT2D eigenvalue weighted by Crippen LogP contribution is 2.20. The Balaban J connectivity index is 2.69. The van der Waals surface area contributed by atoms with E-state index in [-0.39, 0.29) is 5.69 Å². The van der Waals surface area contributed by atoms with E-state index in [1.165, 1.54) is 4.68 Å². The molecule has 0 bridgehead atoms. The molecule has 0 aliphatic rings. The second kappa shape index (κ2) is 3.96. The number of benzene rings is 1. The normalized spacial score (nSPS) is 10.4. The summed E-state index contributed by atoms with van der Waals surface area (Å²) < 4.78 is 3.31. The number of halogens is 2. The zero-order valence-electron chi connectivity index (χ0n) is 6.74. The lowest BCUT2D eigenvalue weighted by atomic mass is 10.3. The first kappa shape index (κ1) is 10.1. The van der Waals surface area contributed by atoms with Gasteiger partial charge < -0.3 is 0 Å². The monoisotopic (exact) mass is 414 g/mol. The van der Waals surface area contributed by atoms with Crippen LogP contribution in [0.5, 0.6) is 0 Å². The van der Waals surface area contributed by atoms with Gasteiger partial charge >= 0.3 is 5.69 Å². The number of tetrazole rings is 1. The van der Waals surface area contributed by atoms with Gasteiger partial charge in [0.25, 0.3) is 0 Å². The molecular formula is C7H4I2N4O. The molecule has 2 aromatic rings. The third kappa shape index (κ3) is 1.69. The Morgan fingerprint density at radius 1 is 1.36 bits per heavy atom. The minimum absolute atomic E-state index is 0.329. The number of nitrogens with one attached hydrogen (secondary N) is 1. The summed E-state index contributed by atoms with van der Waals surface area (Å²) in [5.74, 6) is 0. The molecule has 0 aliphatic carbocycles. The highest BCUT2D eigenvalue weighted by molar-refractivity contribution is 14.1. The fourth-order valence-electron chi connectivity index (χ4n) is 1.01. The predicted octanol–water partition coefficient (Wildman–Crippen LogP) is 1.16. The van der Waals surface area contributed by atoms with Crippen molar-refractivity contribution in [2.24, 2.45) is 0 Å². The van der Waals surface area contributed by atoms with Crippen LogP contribution in [0.1, 0.15) is 0 Å². The van der Waals surface area contributed by atoms with Crippen LogP contribution in [0.15, 0.2) is 23.0 Å². The molecule has 1 heterocycles. The van der Waals surface area contributed by atoms with Crippen LogP contribution in [0.4, 0.5) is 0 Å². The molecule has 2 rings (SSSR count). The topological polar surface area (TPSA) is 63.6 Å². The molecule has 0 spiro atoms. The van der Waals surface area contributed by atoms with Gasteiger partial charge in [-0.25, -0.2) is 9.89 Å². The Hall–Kier alpha value is -0.450. The smallest absolute Gasteiger partial charge is 0.244 e. The van der Waals surface area contributed by atoms with Crippen LogP contribution in [0, 0.1) is 7.14 Å². The molecule has 1 aromatic carbocycles. The zero-order valence-corrected chi connectivity index (χ0v) is 11.1. The van der Waals surface area contributed by atoms with E-state index in [9.17, 15) is 4.79 Å². The summed E-state index contributed by atoms with van der Waals surface area (Å²) in [6, 6.07) is 5.67. The molecule has 0 aliphatic heterocycles. The van der Waals surface area contributed by atoms with Gasteiger partial charge in [-0.2, -0.15) is 4.68 Å². The molecule has 0 saturated heterocycles. The highest BCUT2D eigenvalue weighted by atomic mass is 127. The average Bonchev–Trinajstić information content (AvgIpc) is 2.57. The molecule has 72 valence electrons. The third-order valence-corrected chi connectivity index (χ3v) is 4.70. The van der Waals surface area contributed by atoms with E-state index in [0.717, 1.165) is 12.8 Å². The Morgan fingerprint density at radius 3 is 2.79 bits per heavy atom. The number of aromatic nitrogens is 4. The summed E-state index contributed by atoms with van der Waals surface area (Å²) >= 11 is 4.38. The third-order valence-electron chi connectivity index (χ3n) is 1.63. The molecule has 5 nitrogen and oxygen atoms in total. The van der Waals surface area contributed by atoms with Crippen molar-refractivity contribution in [2.75, 3.05) is 0 Å². The summed E-state index contributed by atoms with van der Waals surface area (Å²) in [5.41, 5.74) is 0.418. The minimum atomic E-state index is -0.329. The van der Waals surface area contributed by atoms with Crippen LogP contribution < -0.4 is 5.69 Å². The van der Waals surface area contributed by atoms with Crippen molar-refractivity contribution < 1.29 is 0 Å². The first-order valence-corrected chi connectivity index (χ1v) is 5.80. The molecule has 7 heteroatoms. The van der Waals surface area contributed by atoms with Crippen LogP contribution in [0.3, 0.4) is 0 Å². The number of rotatable bonds is 1. The maximum atomic E-state index is 11.3.